The Labute approximate surface area is 197 Å². The molecule has 0 spiro atoms. The first-order valence-corrected chi connectivity index (χ1v) is 11.7. The highest BCUT2D eigenvalue weighted by Crippen LogP contribution is 2.48. The maximum absolute atomic E-state index is 13.9. The standard InChI is InChI=1S/C30H24FNO2/c31-25-10-4-2-7-21(25)18-34-22-15-12-20(13-16-22)30-29-24(9-5-11-27(29)33)28-23-8-3-1-6-19(23)14-17-26(28)32-30/h1-4,6-8,10,12-17,30,32H,5,9,11,18H2. The van der Waals surface area contributed by atoms with Crippen LogP contribution in [0, 0.1) is 5.82 Å². The van der Waals surface area contributed by atoms with E-state index >= 15 is 0 Å². The number of hydrogen-bond donors (Lipinski definition) is 1. The zero-order chi connectivity index (χ0) is 23.1. The number of benzene rings is 4. The zero-order valence-corrected chi connectivity index (χ0v) is 18.7. The van der Waals surface area contributed by atoms with Crippen LogP contribution in [-0.2, 0) is 11.4 Å². The Morgan fingerprint density at radius 1 is 0.882 bits per heavy atom. The van der Waals surface area contributed by atoms with Crippen LogP contribution < -0.4 is 10.1 Å². The van der Waals surface area contributed by atoms with Gasteiger partial charge < -0.3 is 10.1 Å². The lowest BCUT2D eigenvalue weighted by Gasteiger charge is -2.35. The fraction of sp³-hybridized carbons (Fsp3) is 0.167. The van der Waals surface area contributed by atoms with Gasteiger partial charge in [0.05, 0.1) is 6.04 Å². The second kappa shape index (κ2) is 8.45. The van der Waals surface area contributed by atoms with E-state index in [1.54, 1.807) is 18.2 Å². The molecule has 6 rings (SSSR count). The molecule has 0 radical (unpaired) electrons. The highest BCUT2D eigenvalue weighted by Gasteiger charge is 2.34. The molecule has 0 fully saturated rings. The number of Topliss-reactive ketones (excluding diaryl/α,β-unsaturated/α-hetero) is 1. The number of ether oxygens (including phenoxy) is 1. The summed E-state index contributed by atoms with van der Waals surface area (Å²) in [5, 5.41) is 6.02. The molecule has 4 aromatic carbocycles. The van der Waals surface area contributed by atoms with Crippen molar-refractivity contribution in [3.05, 3.63) is 113 Å². The number of allylic oxidation sites excluding steroid dienone is 1. The molecule has 1 unspecified atom stereocenters. The summed E-state index contributed by atoms with van der Waals surface area (Å²) in [7, 11) is 0. The topological polar surface area (TPSA) is 38.3 Å². The first-order valence-electron chi connectivity index (χ1n) is 11.7. The van der Waals surface area contributed by atoms with Gasteiger partial charge in [-0.3, -0.25) is 4.79 Å². The normalized spacial score (nSPS) is 17.2. The van der Waals surface area contributed by atoms with Gasteiger partial charge in [0.1, 0.15) is 18.2 Å². The highest BCUT2D eigenvalue weighted by atomic mass is 19.1. The molecule has 0 amide bonds. The smallest absolute Gasteiger partial charge is 0.161 e. The number of rotatable bonds is 4. The molecule has 1 N–H and O–H groups in total. The summed E-state index contributed by atoms with van der Waals surface area (Å²) in [6.07, 6.45) is 2.38. The number of carbonyl (C=O) groups excluding carboxylic acids is 1. The van der Waals surface area contributed by atoms with Crippen LogP contribution in [0.1, 0.15) is 42.0 Å². The summed E-state index contributed by atoms with van der Waals surface area (Å²) >= 11 is 0. The molecule has 0 saturated carbocycles. The summed E-state index contributed by atoms with van der Waals surface area (Å²) < 4.78 is 19.7. The molecular weight excluding hydrogens is 425 g/mol. The second-order valence-electron chi connectivity index (χ2n) is 8.90. The third-order valence-electron chi connectivity index (χ3n) is 6.84. The third-order valence-corrected chi connectivity index (χ3v) is 6.84. The summed E-state index contributed by atoms with van der Waals surface area (Å²) in [4.78, 5) is 13.2. The van der Waals surface area contributed by atoms with E-state index in [4.69, 9.17) is 4.74 Å². The van der Waals surface area contributed by atoms with Crippen LogP contribution in [0.3, 0.4) is 0 Å². The molecule has 4 aromatic rings. The van der Waals surface area contributed by atoms with Gasteiger partial charge in [0.25, 0.3) is 0 Å². The highest BCUT2D eigenvalue weighted by molar-refractivity contribution is 6.12. The van der Waals surface area contributed by atoms with Crippen molar-refractivity contribution in [2.24, 2.45) is 0 Å². The third kappa shape index (κ3) is 3.56. The monoisotopic (exact) mass is 449 g/mol. The summed E-state index contributed by atoms with van der Waals surface area (Å²) in [5.74, 6) is 0.614. The van der Waals surface area contributed by atoms with E-state index < -0.39 is 0 Å². The van der Waals surface area contributed by atoms with Crippen molar-refractivity contribution in [1.82, 2.24) is 0 Å². The fourth-order valence-corrected chi connectivity index (χ4v) is 5.19. The molecule has 0 bridgehead atoms. The van der Waals surface area contributed by atoms with Gasteiger partial charge in [-0.05, 0) is 59.0 Å². The molecule has 168 valence electrons. The first-order chi connectivity index (χ1) is 16.7. The molecule has 34 heavy (non-hydrogen) atoms. The molecule has 3 nitrogen and oxygen atoms in total. The summed E-state index contributed by atoms with van der Waals surface area (Å²) in [5.41, 5.74) is 5.83. The quantitative estimate of drug-likeness (QED) is 0.357. The Balaban J connectivity index is 1.34. The number of anilines is 1. The minimum Gasteiger partial charge on any atom is -0.489 e. The van der Waals surface area contributed by atoms with Crippen molar-refractivity contribution >= 4 is 27.8 Å². The van der Waals surface area contributed by atoms with Crippen LogP contribution in [0.2, 0.25) is 0 Å². The molecule has 0 saturated heterocycles. The van der Waals surface area contributed by atoms with Crippen LogP contribution in [0.25, 0.3) is 16.3 Å². The van der Waals surface area contributed by atoms with Crippen molar-refractivity contribution < 1.29 is 13.9 Å². The average Bonchev–Trinajstić information content (AvgIpc) is 2.88. The van der Waals surface area contributed by atoms with E-state index in [9.17, 15) is 9.18 Å². The van der Waals surface area contributed by atoms with Crippen molar-refractivity contribution in [2.45, 2.75) is 31.9 Å². The Hall–Kier alpha value is -3.92. The maximum atomic E-state index is 13.9. The number of hydrogen-bond acceptors (Lipinski definition) is 3. The molecule has 2 aliphatic rings. The SMILES string of the molecule is O=C1CCCC2=C1C(c1ccc(OCc3ccccc3F)cc1)Nc1ccc3ccccc3c12. The minimum absolute atomic E-state index is 0.169. The fourth-order valence-electron chi connectivity index (χ4n) is 5.19. The van der Waals surface area contributed by atoms with E-state index in [1.165, 1.54) is 28.0 Å². The van der Waals surface area contributed by atoms with Gasteiger partial charge in [0.15, 0.2) is 5.78 Å². The largest absolute Gasteiger partial charge is 0.489 e. The van der Waals surface area contributed by atoms with E-state index in [2.05, 4.69) is 35.6 Å². The number of ketones is 1. The van der Waals surface area contributed by atoms with Crippen LogP contribution >= 0.6 is 0 Å². The molecular formula is C30H24FNO2. The van der Waals surface area contributed by atoms with Gasteiger partial charge in [-0.25, -0.2) is 4.39 Å². The Morgan fingerprint density at radius 3 is 2.53 bits per heavy atom. The molecule has 1 aliphatic carbocycles. The van der Waals surface area contributed by atoms with Crippen molar-refractivity contribution in [2.75, 3.05) is 5.32 Å². The Bertz CT molecular complexity index is 1440. The number of halogens is 1. The Morgan fingerprint density at radius 2 is 1.68 bits per heavy atom. The van der Waals surface area contributed by atoms with Gasteiger partial charge in [0.2, 0.25) is 0 Å². The predicted molar refractivity (Wildman–Crippen MR) is 133 cm³/mol. The molecule has 1 atom stereocenters. The van der Waals surface area contributed by atoms with E-state index in [0.29, 0.717) is 17.7 Å². The van der Waals surface area contributed by atoms with Gasteiger partial charge >= 0.3 is 0 Å². The number of carbonyl (C=O) groups is 1. The average molecular weight is 450 g/mol. The predicted octanol–water partition coefficient (Wildman–Crippen LogP) is 7.23. The van der Waals surface area contributed by atoms with E-state index in [-0.39, 0.29) is 24.2 Å². The van der Waals surface area contributed by atoms with E-state index in [0.717, 1.165) is 29.7 Å². The maximum Gasteiger partial charge on any atom is 0.161 e. The lowest BCUT2D eigenvalue weighted by Crippen LogP contribution is -2.27. The zero-order valence-electron chi connectivity index (χ0n) is 18.7. The van der Waals surface area contributed by atoms with Crippen molar-refractivity contribution in [3.8, 4) is 5.75 Å². The first kappa shape index (κ1) is 20.7. The second-order valence-corrected chi connectivity index (χ2v) is 8.90. The summed E-state index contributed by atoms with van der Waals surface area (Å²) in [6.45, 7) is 0.169. The van der Waals surface area contributed by atoms with Gasteiger partial charge in [-0.2, -0.15) is 0 Å². The molecule has 1 heterocycles. The van der Waals surface area contributed by atoms with Crippen molar-refractivity contribution in [1.29, 1.82) is 0 Å². The van der Waals surface area contributed by atoms with Gasteiger partial charge in [-0.1, -0.05) is 60.7 Å². The van der Waals surface area contributed by atoms with Crippen LogP contribution in [-0.4, -0.2) is 5.78 Å². The van der Waals surface area contributed by atoms with Gasteiger partial charge in [0, 0.05) is 28.8 Å². The van der Waals surface area contributed by atoms with Gasteiger partial charge in [-0.15, -0.1) is 0 Å². The minimum atomic E-state index is -0.271. The van der Waals surface area contributed by atoms with E-state index in [1.807, 2.05) is 30.3 Å². The molecule has 1 aliphatic heterocycles. The molecule has 0 aromatic heterocycles. The van der Waals surface area contributed by atoms with Crippen molar-refractivity contribution in [3.63, 3.8) is 0 Å². The number of nitrogens with one attached hydrogen (secondary N) is 1. The lowest BCUT2D eigenvalue weighted by atomic mass is 9.77. The lowest BCUT2D eigenvalue weighted by molar-refractivity contribution is -0.116. The summed E-state index contributed by atoms with van der Waals surface area (Å²) in [6, 6.07) is 26.8. The molecule has 4 heteroatoms. The van der Waals surface area contributed by atoms with Crippen LogP contribution in [0.5, 0.6) is 5.75 Å². The van der Waals surface area contributed by atoms with Crippen LogP contribution in [0.15, 0.2) is 90.5 Å². The number of fused-ring (bicyclic) bond motifs is 4. The van der Waals surface area contributed by atoms with Crippen LogP contribution in [0.4, 0.5) is 10.1 Å². The Kier molecular flexibility index (Phi) is 5.14.